The first-order valence-corrected chi connectivity index (χ1v) is 12.8. The van der Waals surface area contributed by atoms with Gasteiger partial charge in [-0.15, -0.1) is 34.0 Å². The second-order valence-electron chi connectivity index (χ2n) is 7.45. The molecule has 168 valence electrons. The Morgan fingerprint density at radius 2 is 2.06 bits per heavy atom. The van der Waals surface area contributed by atoms with E-state index >= 15 is 0 Å². The molecule has 7 nitrogen and oxygen atoms in total. The first kappa shape index (κ1) is 22.8. The zero-order chi connectivity index (χ0) is 22.8. The number of carbonyl (C=O) groups is 1. The van der Waals surface area contributed by atoms with Crippen molar-refractivity contribution in [2.75, 3.05) is 13.7 Å². The van der Waals surface area contributed by atoms with E-state index in [2.05, 4.69) is 15.0 Å². The van der Waals surface area contributed by atoms with Gasteiger partial charge in [-0.3, -0.25) is 9.59 Å². The maximum atomic E-state index is 12.8. The monoisotopic (exact) mass is 488 g/mol. The molecule has 1 N–H and O–H groups in total. The predicted octanol–water partition coefficient (Wildman–Crippen LogP) is 4.78. The largest absolute Gasteiger partial charge is 0.372 e. The van der Waals surface area contributed by atoms with Crippen molar-refractivity contribution in [2.24, 2.45) is 0 Å². The van der Waals surface area contributed by atoms with Gasteiger partial charge in [0.1, 0.15) is 21.8 Å². The molecule has 10 heteroatoms. The highest BCUT2D eigenvalue weighted by atomic mass is 32.1. The van der Waals surface area contributed by atoms with Crippen LogP contribution in [-0.4, -0.2) is 39.4 Å². The smallest absolute Gasteiger partial charge is 0.260 e. The summed E-state index contributed by atoms with van der Waals surface area (Å²) in [6, 6.07) is 4.06. The number of aromatic nitrogens is 3. The Morgan fingerprint density at radius 1 is 1.25 bits per heavy atom. The minimum Gasteiger partial charge on any atom is -0.372 e. The van der Waals surface area contributed by atoms with Crippen molar-refractivity contribution in [1.29, 1.82) is 0 Å². The van der Waals surface area contributed by atoms with Gasteiger partial charge < -0.3 is 14.6 Å². The molecule has 4 aromatic rings. The van der Waals surface area contributed by atoms with Gasteiger partial charge in [0, 0.05) is 39.7 Å². The van der Waals surface area contributed by atoms with Crippen LogP contribution >= 0.6 is 34.0 Å². The van der Waals surface area contributed by atoms with Crippen LogP contribution < -0.4 is 5.56 Å². The third kappa shape index (κ3) is 4.83. The molecule has 32 heavy (non-hydrogen) atoms. The zero-order valence-corrected chi connectivity index (χ0v) is 20.7. The highest BCUT2D eigenvalue weighted by Gasteiger charge is 2.18. The van der Waals surface area contributed by atoms with Crippen LogP contribution in [0.3, 0.4) is 0 Å². The average Bonchev–Trinajstić information content (AvgIpc) is 3.47. The van der Waals surface area contributed by atoms with Crippen LogP contribution in [0.25, 0.3) is 20.7 Å². The first-order valence-electron chi connectivity index (χ1n) is 10.2. The lowest BCUT2D eigenvalue weighted by atomic mass is 10.2. The van der Waals surface area contributed by atoms with E-state index in [0.29, 0.717) is 29.2 Å². The Balaban J connectivity index is 1.47. The summed E-state index contributed by atoms with van der Waals surface area (Å²) in [5.74, 6) is 0.240. The van der Waals surface area contributed by atoms with Crippen molar-refractivity contribution in [2.45, 2.75) is 39.8 Å². The number of carbonyl (C=O) groups excluding carboxylic acids is 1. The van der Waals surface area contributed by atoms with E-state index in [1.807, 2.05) is 43.7 Å². The van der Waals surface area contributed by atoms with E-state index in [9.17, 15) is 9.59 Å². The summed E-state index contributed by atoms with van der Waals surface area (Å²) in [5.41, 5.74) is 1.50. The molecule has 4 rings (SSSR count). The summed E-state index contributed by atoms with van der Waals surface area (Å²) in [7, 11) is 1.73. The first-order chi connectivity index (χ1) is 15.4. The summed E-state index contributed by atoms with van der Waals surface area (Å²) in [5, 5.41) is 5.38. The number of nitrogens with one attached hydrogen (secondary N) is 1. The van der Waals surface area contributed by atoms with Gasteiger partial charge >= 0.3 is 0 Å². The number of likely N-dealkylation sites (N-methyl/N-ethyl adjacent to an activating group) is 1. The summed E-state index contributed by atoms with van der Waals surface area (Å²) in [6.45, 7) is 6.98. The van der Waals surface area contributed by atoms with E-state index in [-0.39, 0.29) is 24.0 Å². The Labute approximate surface area is 197 Å². The van der Waals surface area contributed by atoms with Gasteiger partial charge in [-0.05, 0) is 32.9 Å². The quantitative estimate of drug-likeness (QED) is 0.386. The van der Waals surface area contributed by atoms with Gasteiger partial charge in [0.05, 0.1) is 24.0 Å². The number of fused-ring (bicyclic) bond motifs is 1. The van der Waals surface area contributed by atoms with Crippen LogP contribution in [0.5, 0.6) is 0 Å². The molecule has 0 aromatic carbocycles. The van der Waals surface area contributed by atoms with E-state index < -0.39 is 0 Å². The molecule has 1 amide bonds. The molecule has 0 aliphatic heterocycles. The number of rotatable bonds is 8. The molecule has 1 atom stereocenters. The number of amides is 1. The minimum absolute atomic E-state index is 0.0271. The third-order valence-corrected chi connectivity index (χ3v) is 7.94. The molecule has 0 fully saturated rings. The van der Waals surface area contributed by atoms with E-state index in [1.54, 1.807) is 23.3 Å². The summed E-state index contributed by atoms with van der Waals surface area (Å²) < 4.78 is 5.58. The fourth-order valence-corrected chi connectivity index (χ4v) is 6.09. The van der Waals surface area contributed by atoms with Crippen LogP contribution in [-0.2, 0) is 22.5 Å². The molecule has 0 saturated carbocycles. The minimum atomic E-state index is -0.211. The Kier molecular flexibility index (Phi) is 6.85. The van der Waals surface area contributed by atoms with Crippen LogP contribution in [0.4, 0.5) is 0 Å². The predicted molar refractivity (Wildman–Crippen MR) is 131 cm³/mol. The average molecular weight is 489 g/mol. The lowest BCUT2D eigenvalue weighted by Crippen LogP contribution is -2.29. The summed E-state index contributed by atoms with van der Waals surface area (Å²) in [4.78, 5) is 42.0. The second-order valence-corrected chi connectivity index (χ2v) is 10.5. The highest BCUT2D eigenvalue weighted by Crippen LogP contribution is 2.35. The van der Waals surface area contributed by atoms with Gasteiger partial charge in [-0.2, -0.15) is 0 Å². The normalized spacial score (nSPS) is 12.4. The molecule has 1 unspecified atom stereocenters. The third-order valence-electron chi connectivity index (χ3n) is 4.98. The zero-order valence-electron chi connectivity index (χ0n) is 18.3. The maximum Gasteiger partial charge on any atom is 0.260 e. The fraction of sp³-hybridized carbons (Fsp3) is 0.364. The molecule has 0 radical (unpaired) electrons. The summed E-state index contributed by atoms with van der Waals surface area (Å²) >= 11 is 4.60. The maximum absolute atomic E-state index is 12.8. The molecule has 4 aromatic heterocycles. The van der Waals surface area contributed by atoms with Crippen molar-refractivity contribution in [3.8, 4) is 10.4 Å². The number of H-pyrrole nitrogens is 1. The Hall–Kier alpha value is -2.40. The van der Waals surface area contributed by atoms with Crippen molar-refractivity contribution in [3.63, 3.8) is 0 Å². The van der Waals surface area contributed by atoms with E-state index in [4.69, 9.17) is 4.74 Å². The van der Waals surface area contributed by atoms with Gasteiger partial charge in [0.2, 0.25) is 5.91 Å². The number of hydrogen-bond donors (Lipinski definition) is 1. The van der Waals surface area contributed by atoms with Gasteiger partial charge in [0.15, 0.2) is 0 Å². The number of thiazole rings is 1. The van der Waals surface area contributed by atoms with Gasteiger partial charge in [-0.1, -0.05) is 0 Å². The van der Waals surface area contributed by atoms with Crippen molar-refractivity contribution >= 4 is 50.1 Å². The molecule has 4 heterocycles. The summed E-state index contributed by atoms with van der Waals surface area (Å²) in [6.07, 6.45) is -0.0335. The number of ether oxygens (including phenoxy) is 1. The molecule has 0 aliphatic rings. The van der Waals surface area contributed by atoms with Crippen molar-refractivity contribution < 1.29 is 9.53 Å². The van der Waals surface area contributed by atoms with Crippen molar-refractivity contribution in [1.82, 2.24) is 19.9 Å². The van der Waals surface area contributed by atoms with Crippen molar-refractivity contribution in [3.05, 3.63) is 54.6 Å². The lowest BCUT2D eigenvalue weighted by molar-refractivity contribution is -0.129. The van der Waals surface area contributed by atoms with Crippen LogP contribution in [0.2, 0.25) is 0 Å². The lowest BCUT2D eigenvalue weighted by Gasteiger charge is -2.15. The Morgan fingerprint density at radius 3 is 2.78 bits per heavy atom. The second kappa shape index (κ2) is 9.62. The number of aromatic amines is 1. The molecule has 0 saturated heterocycles. The fourth-order valence-electron chi connectivity index (χ4n) is 3.35. The number of hydrogen-bond acceptors (Lipinski definition) is 8. The standard InChI is InChI=1S/C22H24N4O3S3/c1-5-29-13(3)21-23-14(10-30-21)9-26(4)18(27)8-17-24-20(28)19-15(11-31-22(19)25-17)16-7-6-12(2)32-16/h6-7,10-11,13H,5,8-9H2,1-4H3,(H,24,25,28). The highest BCUT2D eigenvalue weighted by molar-refractivity contribution is 7.19. The topological polar surface area (TPSA) is 88.2 Å². The Bertz CT molecular complexity index is 1300. The number of thiophene rings is 2. The van der Waals surface area contributed by atoms with Gasteiger partial charge in [0.25, 0.3) is 5.56 Å². The molecular formula is C22H24N4O3S3. The van der Waals surface area contributed by atoms with E-state index in [1.165, 1.54) is 27.6 Å². The van der Waals surface area contributed by atoms with Crippen LogP contribution in [0.1, 0.15) is 41.4 Å². The van der Waals surface area contributed by atoms with Crippen LogP contribution in [0, 0.1) is 6.92 Å². The number of aryl methyl sites for hydroxylation is 1. The number of nitrogens with zero attached hydrogens (tertiary/aromatic N) is 3. The van der Waals surface area contributed by atoms with E-state index in [0.717, 1.165) is 21.1 Å². The van der Waals surface area contributed by atoms with Crippen LogP contribution in [0.15, 0.2) is 27.7 Å². The molecule has 0 bridgehead atoms. The van der Waals surface area contributed by atoms with Gasteiger partial charge in [-0.25, -0.2) is 9.97 Å². The molecular weight excluding hydrogens is 464 g/mol. The molecule has 0 aliphatic carbocycles. The molecule has 0 spiro atoms. The SMILES string of the molecule is CCOC(C)c1nc(CN(C)C(=O)Cc2nc3scc(-c4ccc(C)s4)c3c(=O)[nH]2)cs1.